The number of Topliss-reactive ketones (excluding diaryl/α,β-unsaturated/α-hetero) is 1. The van der Waals surface area contributed by atoms with Gasteiger partial charge in [-0.2, -0.15) is 0 Å². The van der Waals surface area contributed by atoms with Crippen molar-refractivity contribution in [2.45, 2.75) is 108 Å². The molecule has 1 unspecified atom stereocenters. The van der Waals surface area contributed by atoms with Crippen molar-refractivity contribution >= 4 is 17.7 Å². The van der Waals surface area contributed by atoms with Gasteiger partial charge in [-0.1, -0.05) is 6.92 Å². The summed E-state index contributed by atoms with van der Waals surface area (Å²) < 4.78 is 32.1. The first-order valence-corrected chi connectivity index (χ1v) is 14.3. The van der Waals surface area contributed by atoms with E-state index in [2.05, 4.69) is 0 Å². The predicted molar refractivity (Wildman–Crippen MR) is 132 cm³/mol. The van der Waals surface area contributed by atoms with Gasteiger partial charge >= 0.3 is 11.9 Å². The molecule has 0 aromatic carbocycles. The summed E-state index contributed by atoms with van der Waals surface area (Å²) in [5.41, 5.74) is -0.534. The Balaban J connectivity index is 1.23. The van der Waals surface area contributed by atoms with E-state index in [0.29, 0.717) is 18.8 Å². The molecule has 4 saturated carbocycles. The number of ketones is 1. The zero-order chi connectivity index (χ0) is 28.2. The van der Waals surface area contributed by atoms with Gasteiger partial charge in [-0.15, -0.1) is 0 Å². The minimum Gasteiger partial charge on any atom is -0.479 e. The van der Waals surface area contributed by atoms with Crippen LogP contribution >= 0.6 is 0 Å². The topological polar surface area (TPSA) is 160 Å². The molecule has 4 N–H and O–H groups in total. The first-order chi connectivity index (χ1) is 18.4. The number of hydrogen-bond acceptors (Lipinski definition) is 9. The van der Waals surface area contributed by atoms with E-state index in [4.69, 9.17) is 14.2 Å². The van der Waals surface area contributed by atoms with Crippen LogP contribution in [0.25, 0.3) is 0 Å². The van der Waals surface area contributed by atoms with Crippen molar-refractivity contribution in [2.24, 2.45) is 40.9 Å². The number of aliphatic hydroxyl groups excluding tert-OH is 3. The minimum atomic E-state index is -1.84. The van der Waals surface area contributed by atoms with E-state index in [1.807, 2.05) is 6.92 Å². The number of esters is 1. The zero-order valence-corrected chi connectivity index (χ0v) is 22.5. The van der Waals surface area contributed by atoms with Gasteiger partial charge in [-0.3, -0.25) is 9.59 Å². The number of aliphatic carboxylic acids is 1. The van der Waals surface area contributed by atoms with E-state index < -0.39 is 60.8 Å². The fourth-order valence-corrected chi connectivity index (χ4v) is 9.15. The van der Waals surface area contributed by atoms with Crippen LogP contribution in [0.5, 0.6) is 0 Å². The summed E-state index contributed by atoms with van der Waals surface area (Å²) in [6.07, 6.45) is -3.89. The lowest BCUT2D eigenvalue weighted by atomic mass is 9.49. The second-order valence-corrected chi connectivity index (χ2v) is 12.8. The number of carboxylic acids is 1. The van der Waals surface area contributed by atoms with Crippen LogP contribution in [-0.4, -0.2) is 87.7 Å². The highest BCUT2D eigenvalue weighted by Gasteiger charge is 2.61. The van der Waals surface area contributed by atoms with Crippen LogP contribution in [0.3, 0.4) is 0 Å². The van der Waals surface area contributed by atoms with Gasteiger partial charge in [0.15, 0.2) is 18.2 Å². The predicted octanol–water partition coefficient (Wildman–Crippen LogP) is 1.61. The summed E-state index contributed by atoms with van der Waals surface area (Å²) in [7, 11) is 0. The van der Waals surface area contributed by atoms with Crippen molar-refractivity contribution in [1.82, 2.24) is 0 Å². The van der Waals surface area contributed by atoms with Crippen LogP contribution in [0, 0.1) is 40.9 Å². The SMILES string of the molecule is CC(=O)O[C@H]1CC[C@H]2[C@@H](CC[C@@H]3[C@@H]2[C@H](F)C[C@]2(C)[C@@H](C(=O)COC4O[C@H](C(=O)O)[C@@H](O)[C@H](O)[C@H]4O)CC[C@@H]32)C1. The van der Waals surface area contributed by atoms with Crippen molar-refractivity contribution in [1.29, 1.82) is 0 Å². The van der Waals surface area contributed by atoms with Crippen LogP contribution in [0.15, 0.2) is 0 Å². The molecule has 11 heteroatoms. The van der Waals surface area contributed by atoms with Gasteiger partial charge in [0.2, 0.25) is 0 Å². The van der Waals surface area contributed by atoms with Gasteiger partial charge in [0.25, 0.3) is 0 Å². The smallest absolute Gasteiger partial charge is 0.335 e. The van der Waals surface area contributed by atoms with E-state index >= 15 is 4.39 Å². The van der Waals surface area contributed by atoms with Crippen molar-refractivity contribution in [3.05, 3.63) is 0 Å². The van der Waals surface area contributed by atoms with Crippen molar-refractivity contribution in [2.75, 3.05) is 6.61 Å². The number of fused-ring (bicyclic) bond motifs is 5. The highest BCUT2D eigenvalue weighted by Crippen LogP contribution is 2.65. The molecule has 10 nitrogen and oxygen atoms in total. The van der Waals surface area contributed by atoms with Gasteiger partial charge in [-0.25, -0.2) is 9.18 Å². The van der Waals surface area contributed by atoms with E-state index in [1.54, 1.807) is 0 Å². The second-order valence-electron chi connectivity index (χ2n) is 12.8. The third-order valence-electron chi connectivity index (χ3n) is 10.8. The fourth-order valence-electron chi connectivity index (χ4n) is 9.15. The Bertz CT molecular complexity index is 961. The number of alkyl halides is 1. The number of rotatable bonds is 6. The lowest BCUT2D eigenvalue weighted by Gasteiger charge is -2.57. The highest BCUT2D eigenvalue weighted by molar-refractivity contribution is 5.83. The summed E-state index contributed by atoms with van der Waals surface area (Å²) in [5.74, 6) is -1.52. The summed E-state index contributed by atoms with van der Waals surface area (Å²) >= 11 is 0. The summed E-state index contributed by atoms with van der Waals surface area (Å²) in [6.45, 7) is 2.96. The molecule has 1 aliphatic heterocycles. The maximum atomic E-state index is 16.1. The third-order valence-corrected chi connectivity index (χ3v) is 10.8. The summed E-state index contributed by atoms with van der Waals surface area (Å²) in [4.78, 5) is 36.2. The van der Waals surface area contributed by atoms with Crippen molar-refractivity contribution < 1.29 is 53.4 Å². The number of carbonyl (C=O) groups is 3. The number of carboxylic acid groups (broad SMARTS) is 1. The Morgan fingerprint density at radius 1 is 0.974 bits per heavy atom. The molecule has 0 bridgehead atoms. The molecule has 0 spiro atoms. The molecule has 1 saturated heterocycles. The first-order valence-electron chi connectivity index (χ1n) is 14.3. The molecule has 4 aliphatic carbocycles. The van der Waals surface area contributed by atoms with E-state index in [9.17, 15) is 34.8 Å². The van der Waals surface area contributed by atoms with Gasteiger partial charge < -0.3 is 34.6 Å². The molecule has 1 heterocycles. The Labute approximate surface area is 227 Å². The van der Waals surface area contributed by atoms with Crippen LogP contribution in [0.1, 0.15) is 65.2 Å². The van der Waals surface area contributed by atoms with E-state index in [1.165, 1.54) is 6.92 Å². The lowest BCUT2D eigenvalue weighted by Crippen LogP contribution is -2.60. The molecule has 5 aliphatic rings. The molecule has 0 aromatic heterocycles. The normalized spacial score (nSPS) is 49.3. The van der Waals surface area contributed by atoms with Crippen LogP contribution in [0.2, 0.25) is 0 Å². The number of halogens is 1. The third kappa shape index (κ3) is 5.14. The molecule has 0 amide bonds. The maximum Gasteiger partial charge on any atom is 0.335 e. The molecule has 220 valence electrons. The summed E-state index contributed by atoms with van der Waals surface area (Å²) in [5, 5.41) is 39.3. The second kappa shape index (κ2) is 11.0. The van der Waals surface area contributed by atoms with Crippen molar-refractivity contribution in [3.8, 4) is 0 Å². The fraction of sp³-hybridized carbons (Fsp3) is 0.893. The Kier molecular flexibility index (Phi) is 8.11. The number of carbonyl (C=O) groups excluding carboxylic acids is 2. The standard InChI is InChI=1S/C28H41FO10/c1-12(30)38-14-4-6-15-13(9-14)3-5-16-17-7-8-18(28(17,2)10-19(29)21(15)16)20(31)11-37-27-24(34)22(32)23(33)25(39-27)26(35)36/h13-19,21-25,27,32-34H,3-11H2,1-2H3,(H,35,36)/t13-,14-,15-,16-,17-,18+,19+,21+,22-,23-,24+,25-,27?,28-/m0/s1. The molecule has 39 heavy (non-hydrogen) atoms. The molecular formula is C28H41FO10. The number of hydrogen-bond donors (Lipinski definition) is 4. The molecule has 5 fully saturated rings. The van der Waals surface area contributed by atoms with Gasteiger partial charge in [-0.05, 0) is 86.4 Å². The average molecular weight is 557 g/mol. The Morgan fingerprint density at radius 3 is 2.38 bits per heavy atom. The van der Waals surface area contributed by atoms with Crippen LogP contribution in [-0.2, 0) is 28.6 Å². The van der Waals surface area contributed by atoms with Gasteiger partial charge in [0.05, 0.1) is 0 Å². The molecule has 14 atom stereocenters. The summed E-state index contributed by atoms with van der Waals surface area (Å²) in [6, 6.07) is 0. The Hall–Kier alpha value is -1.66. The quantitative estimate of drug-likeness (QED) is 0.354. The molecular weight excluding hydrogens is 515 g/mol. The average Bonchev–Trinajstić information content (AvgIpc) is 3.22. The molecule has 0 aromatic rings. The van der Waals surface area contributed by atoms with Gasteiger partial charge in [0, 0.05) is 12.8 Å². The van der Waals surface area contributed by atoms with Crippen molar-refractivity contribution in [3.63, 3.8) is 0 Å². The minimum absolute atomic E-state index is 0.0446. The van der Waals surface area contributed by atoms with Crippen LogP contribution in [0.4, 0.5) is 4.39 Å². The number of aliphatic hydroxyl groups is 3. The van der Waals surface area contributed by atoms with E-state index in [-0.39, 0.29) is 41.5 Å². The highest BCUT2D eigenvalue weighted by atomic mass is 19.1. The zero-order valence-electron chi connectivity index (χ0n) is 22.5. The van der Waals surface area contributed by atoms with Crippen LogP contribution < -0.4 is 0 Å². The Morgan fingerprint density at radius 2 is 1.69 bits per heavy atom. The largest absolute Gasteiger partial charge is 0.479 e. The first kappa shape index (κ1) is 28.9. The van der Waals surface area contributed by atoms with Gasteiger partial charge in [0.1, 0.15) is 37.2 Å². The lowest BCUT2D eigenvalue weighted by molar-refractivity contribution is -0.292. The monoisotopic (exact) mass is 556 g/mol. The number of ether oxygens (including phenoxy) is 3. The van der Waals surface area contributed by atoms with E-state index in [0.717, 1.165) is 38.5 Å². The maximum absolute atomic E-state index is 16.1. The molecule has 5 rings (SSSR count). The molecule has 0 radical (unpaired) electrons.